The highest BCUT2D eigenvalue weighted by atomic mass is 32.1. The summed E-state index contributed by atoms with van der Waals surface area (Å²) >= 11 is 4.47. The van der Waals surface area contributed by atoms with Gasteiger partial charge in [0.25, 0.3) is 0 Å². The van der Waals surface area contributed by atoms with Crippen molar-refractivity contribution in [2.24, 2.45) is 46.3 Å². The quantitative estimate of drug-likeness (QED) is 0.342. The summed E-state index contributed by atoms with van der Waals surface area (Å²) in [5.41, 5.74) is 2.57. The molecule has 0 unspecified atom stereocenters. The van der Waals surface area contributed by atoms with Crippen molar-refractivity contribution in [3.8, 4) is 0 Å². The van der Waals surface area contributed by atoms with Crippen LogP contribution >= 0.6 is 12.6 Å². The standard InChI is InChI=1S/C27H46OS/c1-18(17-29)6-5-7-19(2)23-10-11-24-22-9-8-20-16-21(28)12-14-26(20,3)25(22)13-15-27(23,24)4/h8,18-19,21-25,28-29H,5-7,9-17H2,1-4H3/t18-,19-,21+,22+,23-,24+,25+,26+,27-/m1/s1. The van der Waals surface area contributed by atoms with Gasteiger partial charge in [-0.3, -0.25) is 0 Å². The first-order valence-electron chi connectivity index (χ1n) is 12.8. The topological polar surface area (TPSA) is 20.2 Å². The average molecular weight is 419 g/mol. The van der Waals surface area contributed by atoms with Crippen molar-refractivity contribution in [2.75, 3.05) is 5.75 Å². The number of allylic oxidation sites excluding steroid dienone is 1. The maximum Gasteiger partial charge on any atom is 0.0577 e. The maximum absolute atomic E-state index is 10.2. The Morgan fingerprint density at radius 2 is 1.86 bits per heavy atom. The Morgan fingerprint density at radius 1 is 1.07 bits per heavy atom. The van der Waals surface area contributed by atoms with Crippen LogP contribution < -0.4 is 0 Å². The molecule has 0 saturated heterocycles. The third-order valence-electron chi connectivity index (χ3n) is 10.5. The van der Waals surface area contributed by atoms with Gasteiger partial charge in [0, 0.05) is 0 Å². The van der Waals surface area contributed by atoms with Crippen LogP contribution in [0.5, 0.6) is 0 Å². The number of hydrogen-bond acceptors (Lipinski definition) is 2. The van der Waals surface area contributed by atoms with Crippen LogP contribution in [-0.4, -0.2) is 17.0 Å². The van der Waals surface area contributed by atoms with E-state index in [0.29, 0.717) is 10.8 Å². The van der Waals surface area contributed by atoms with Crippen molar-refractivity contribution in [1.82, 2.24) is 0 Å². The summed E-state index contributed by atoms with van der Waals surface area (Å²) in [6.45, 7) is 10.2. The molecule has 0 aromatic heterocycles. The minimum atomic E-state index is -0.0817. The smallest absolute Gasteiger partial charge is 0.0577 e. The fourth-order valence-electron chi connectivity index (χ4n) is 8.70. The van der Waals surface area contributed by atoms with Gasteiger partial charge in [0.1, 0.15) is 0 Å². The second kappa shape index (κ2) is 8.53. The molecule has 0 bridgehead atoms. The molecular formula is C27H46OS. The van der Waals surface area contributed by atoms with Crippen LogP contribution in [0, 0.1) is 46.3 Å². The highest BCUT2D eigenvalue weighted by molar-refractivity contribution is 7.80. The Balaban J connectivity index is 1.46. The van der Waals surface area contributed by atoms with E-state index in [1.165, 1.54) is 57.8 Å². The zero-order valence-corrected chi connectivity index (χ0v) is 20.4. The Kier molecular flexibility index (Phi) is 6.55. The van der Waals surface area contributed by atoms with E-state index in [1.807, 2.05) is 0 Å². The zero-order valence-electron chi connectivity index (χ0n) is 19.5. The number of rotatable bonds is 6. The fraction of sp³-hybridized carbons (Fsp3) is 0.926. The first-order chi connectivity index (χ1) is 13.8. The Bertz CT molecular complexity index is 614. The molecule has 1 nitrogen and oxygen atoms in total. The van der Waals surface area contributed by atoms with E-state index in [1.54, 1.807) is 5.57 Å². The van der Waals surface area contributed by atoms with Crippen LogP contribution in [0.2, 0.25) is 0 Å². The van der Waals surface area contributed by atoms with E-state index in [4.69, 9.17) is 0 Å². The summed E-state index contributed by atoms with van der Waals surface area (Å²) < 4.78 is 0. The van der Waals surface area contributed by atoms with Gasteiger partial charge in [-0.15, -0.1) is 0 Å². The third-order valence-corrected chi connectivity index (χ3v) is 11.1. The lowest BCUT2D eigenvalue weighted by Gasteiger charge is -2.58. The molecule has 2 heteroatoms. The first kappa shape index (κ1) is 22.3. The molecule has 9 atom stereocenters. The molecule has 4 aliphatic rings. The monoisotopic (exact) mass is 418 g/mol. The highest BCUT2D eigenvalue weighted by Gasteiger charge is 2.59. The van der Waals surface area contributed by atoms with Gasteiger partial charge < -0.3 is 5.11 Å². The number of hydrogen-bond donors (Lipinski definition) is 2. The first-order valence-corrected chi connectivity index (χ1v) is 13.4. The largest absolute Gasteiger partial charge is 0.393 e. The molecular weight excluding hydrogens is 372 g/mol. The number of aliphatic hydroxyl groups excluding tert-OH is 1. The normalized spacial score (nSPS) is 46.3. The van der Waals surface area contributed by atoms with E-state index >= 15 is 0 Å². The number of fused-ring (bicyclic) bond motifs is 5. The Morgan fingerprint density at radius 3 is 2.62 bits per heavy atom. The van der Waals surface area contributed by atoms with Crippen molar-refractivity contribution in [2.45, 2.75) is 104 Å². The molecule has 0 radical (unpaired) electrons. The molecule has 1 N–H and O–H groups in total. The van der Waals surface area contributed by atoms with Crippen LogP contribution in [0.1, 0.15) is 98.3 Å². The van der Waals surface area contributed by atoms with Crippen LogP contribution in [0.4, 0.5) is 0 Å². The molecule has 4 rings (SSSR count). The van der Waals surface area contributed by atoms with Crippen molar-refractivity contribution < 1.29 is 5.11 Å². The molecule has 4 aliphatic carbocycles. The lowest BCUT2D eigenvalue weighted by Crippen LogP contribution is -2.50. The number of aliphatic hydroxyl groups is 1. The van der Waals surface area contributed by atoms with E-state index < -0.39 is 0 Å². The predicted molar refractivity (Wildman–Crippen MR) is 127 cm³/mol. The Labute approximate surface area is 185 Å². The molecule has 3 fully saturated rings. The maximum atomic E-state index is 10.2. The molecule has 0 aromatic rings. The van der Waals surface area contributed by atoms with Crippen LogP contribution in [0.15, 0.2) is 11.6 Å². The molecule has 0 aromatic carbocycles. The summed E-state index contributed by atoms with van der Waals surface area (Å²) in [4.78, 5) is 0. The summed E-state index contributed by atoms with van der Waals surface area (Å²) in [5, 5.41) is 10.2. The minimum absolute atomic E-state index is 0.0817. The highest BCUT2D eigenvalue weighted by Crippen LogP contribution is 2.67. The molecule has 0 aliphatic heterocycles. The minimum Gasteiger partial charge on any atom is -0.393 e. The van der Waals surface area contributed by atoms with Gasteiger partial charge in [-0.1, -0.05) is 52.2 Å². The van der Waals surface area contributed by atoms with E-state index in [9.17, 15) is 5.11 Å². The summed E-state index contributed by atoms with van der Waals surface area (Å²) in [7, 11) is 0. The molecule has 166 valence electrons. The Hall–Kier alpha value is 0.0500. The van der Waals surface area contributed by atoms with Gasteiger partial charge in [0.15, 0.2) is 0 Å². The van der Waals surface area contributed by atoms with Crippen molar-refractivity contribution in [3.63, 3.8) is 0 Å². The van der Waals surface area contributed by atoms with Gasteiger partial charge >= 0.3 is 0 Å². The lowest BCUT2D eigenvalue weighted by atomic mass is 9.47. The molecule has 0 heterocycles. The molecule has 29 heavy (non-hydrogen) atoms. The molecule has 0 spiro atoms. The fourth-order valence-corrected chi connectivity index (χ4v) is 8.88. The summed E-state index contributed by atoms with van der Waals surface area (Å²) in [5.74, 6) is 6.33. The SMILES string of the molecule is C[C@@H](CS)CCC[C@@H](C)[C@H]1CC[C@H]2[C@@H]3CC=C4C[C@@H](O)CC[C@]4(C)[C@H]3CC[C@]12C. The van der Waals surface area contributed by atoms with Crippen LogP contribution in [-0.2, 0) is 0 Å². The summed E-state index contributed by atoms with van der Waals surface area (Å²) in [6, 6.07) is 0. The van der Waals surface area contributed by atoms with E-state index in [-0.39, 0.29) is 6.10 Å². The van der Waals surface area contributed by atoms with Gasteiger partial charge in [-0.25, -0.2) is 0 Å². The summed E-state index contributed by atoms with van der Waals surface area (Å²) in [6.07, 6.45) is 17.0. The lowest BCUT2D eigenvalue weighted by molar-refractivity contribution is -0.0573. The van der Waals surface area contributed by atoms with E-state index in [2.05, 4.69) is 46.4 Å². The van der Waals surface area contributed by atoms with Crippen LogP contribution in [0.25, 0.3) is 0 Å². The van der Waals surface area contributed by atoms with E-state index in [0.717, 1.165) is 54.1 Å². The predicted octanol–water partition coefficient (Wildman–Crippen LogP) is 7.30. The van der Waals surface area contributed by atoms with Crippen LogP contribution in [0.3, 0.4) is 0 Å². The van der Waals surface area contributed by atoms with Gasteiger partial charge in [0.05, 0.1) is 6.10 Å². The second-order valence-electron chi connectivity index (χ2n) is 12.1. The average Bonchev–Trinajstić information content (AvgIpc) is 3.05. The van der Waals surface area contributed by atoms with Crippen molar-refractivity contribution in [1.29, 1.82) is 0 Å². The number of thiol groups is 1. The zero-order chi connectivity index (χ0) is 20.8. The third kappa shape index (κ3) is 3.88. The second-order valence-corrected chi connectivity index (χ2v) is 12.4. The van der Waals surface area contributed by atoms with Gasteiger partial charge in [-0.05, 0) is 110 Å². The van der Waals surface area contributed by atoms with Gasteiger partial charge in [0.2, 0.25) is 0 Å². The molecule has 0 amide bonds. The van der Waals surface area contributed by atoms with Crippen molar-refractivity contribution >= 4 is 12.6 Å². The molecule has 3 saturated carbocycles. The van der Waals surface area contributed by atoms with Crippen molar-refractivity contribution in [3.05, 3.63) is 11.6 Å². The van der Waals surface area contributed by atoms with Gasteiger partial charge in [-0.2, -0.15) is 12.6 Å².